The maximum atomic E-state index is 11.9. The van der Waals surface area contributed by atoms with Crippen LogP contribution in [-0.4, -0.2) is 24.0 Å². The lowest BCUT2D eigenvalue weighted by Gasteiger charge is -2.07. The maximum absolute atomic E-state index is 11.9. The van der Waals surface area contributed by atoms with Gasteiger partial charge in [-0.05, 0) is 30.2 Å². The molecule has 4 nitrogen and oxygen atoms in total. The van der Waals surface area contributed by atoms with Crippen LogP contribution < -0.4 is 10.6 Å². The molecule has 0 bridgehead atoms. The van der Waals surface area contributed by atoms with E-state index in [0.29, 0.717) is 19.5 Å². The first-order valence-corrected chi connectivity index (χ1v) is 7.93. The van der Waals surface area contributed by atoms with Crippen molar-refractivity contribution in [1.29, 1.82) is 0 Å². The van der Waals surface area contributed by atoms with Crippen molar-refractivity contribution in [2.45, 2.75) is 12.8 Å². The number of fused-ring (bicyclic) bond motifs is 1. The van der Waals surface area contributed by atoms with Crippen molar-refractivity contribution < 1.29 is 4.79 Å². The van der Waals surface area contributed by atoms with Gasteiger partial charge in [0.05, 0.1) is 0 Å². The first kappa shape index (κ1) is 15.2. The van der Waals surface area contributed by atoms with Crippen molar-refractivity contribution in [1.82, 2.24) is 10.3 Å². The van der Waals surface area contributed by atoms with Crippen molar-refractivity contribution in [3.05, 3.63) is 66.4 Å². The number of H-pyrrole nitrogens is 1. The molecule has 0 atom stereocenters. The van der Waals surface area contributed by atoms with E-state index in [4.69, 9.17) is 0 Å². The van der Waals surface area contributed by atoms with Gasteiger partial charge in [0.25, 0.3) is 0 Å². The van der Waals surface area contributed by atoms with Crippen LogP contribution in [-0.2, 0) is 11.2 Å². The van der Waals surface area contributed by atoms with Gasteiger partial charge in [-0.2, -0.15) is 0 Å². The van der Waals surface area contributed by atoms with E-state index in [-0.39, 0.29) is 5.91 Å². The van der Waals surface area contributed by atoms with Gasteiger partial charge in [0, 0.05) is 42.3 Å². The summed E-state index contributed by atoms with van der Waals surface area (Å²) in [5.41, 5.74) is 3.42. The van der Waals surface area contributed by atoms with E-state index in [1.807, 2.05) is 48.7 Å². The third-order valence-electron chi connectivity index (χ3n) is 3.85. The molecule has 23 heavy (non-hydrogen) atoms. The van der Waals surface area contributed by atoms with Gasteiger partial charge in [0.2, 0.25) is 5.91 Å². The van der Waals surface area contributed by atoms with Crippen LogP contribution in [0.3, 0.4) is 0 Å². The zero-order chi connectivity index (χ0) is 15.9. The van der Waals surface area contributed by atoms with E-state index in [1.165, 1.54) is 10.9 Å². The summed E-state index contributed by atoms with van der Waals surface area (Å²) < 4.78 is 0. The minimum Gasteiger partial charge on any atom is -0.385 e. The largest absolute Gasteiger partial charge is 0.385 e. The second-order valence-electron chi connectivity index (χ2n) is 5.50. The van der Waals surface area contributed by atoms with E-state index in [2.05, 4.69) is 27.8 Å². The van der Waals surface area contributed by atoms with Crippen LogP contribution in [0.1, 0.15) is 12.0 Å². The van der Waals surface area contributed by atoms with E-state index in [0.717, 1.165) is 17.6 Å². The Labute approximate surface area is 135 Å². The molecule has 4 heteroatoms. The average Bonchev–Trinajstić information content (AvgIpc) is 2.99. The summed E-state index contributed by atoms with van der Waals surface area (Å²) in [6.07, 6.45) is 3.33. The highest BCUT2D eigenvalue weighted by molar-refractivity contribution is 5.83. The number of aromatic amines is 1. The molecule has 0 radical (unpaired) electrons. The van der Waals surface area contributed by atoms with Gasteiger partial charge < -0.3 is 15.6 Å². The summed E-state index contributed by atoms with van der Waals surface area (Å²) in [4.78, 5) is 15.1. The van der Waals surface area contributed by atoms with Crippen molar-refractivity contribution in [3.8, 4) is 0 Å². The van der Waals surface area contributed by atoms with E-state index in [9.17, 15) is 4.79 Å². The quantitative estimate of drug-likeness (QED) is 0.627. The van der Waals surface area contributed by atoms with E-state index in [1.54, 1.807) is 0 Å². The fraction of sp³-hybridized carbons (Fsp3) is 0.211. The Morgan fingerprint density at radius 2 is 1.74 bits per heavy atom. The summed E-state index contributed by atoms with van der Waals surface area (Å²) in [6, 6.07) is 18.1. The van der Waals surface area contributed by atoms with Gasteiger partial charge >= 0.3 is 0 Å². The second kappa shape index (κ2) is 7.49. The topological polar surface area (TPSA) is 56.9 Å². The molecule has 0 aliphatic carbocycles. The van der Waals surface area contributed by atoms with Crippen molar-refractivity contribution >= 4 is 22.5 Å². The van der Waals surface area contributed by atoms with Gasteiger partial charge in [-0.15, -0.1) is 0 Å². The molecule has 0 aliphatic heterocycles. The molecule has 2 aromatic carbocycles. The Hall–Kier alpha value is -2.75. The third kappa shape index (κ3) is 4.13. The lowest BCUT2D eigenvalue weighted by atomic mass is 10.1. The van der Waals surface area contributed by atoms with Crippen molar-refractivity contribution in [2.24, 2.45) is 0 Å². The van der Waals surface area contributed by atoms with Gasteiger partial charge in [-0.1, -0.05) is 36.4 Å². The fourth-order valence-electron chi connectivity index (χ4n) is 2.64. The second-order valence-corrected chi connectivity index (χ2v) is 5.50. The highest BCUT2D eigenvalue weighted by Crippen LogP contribution is 2.17. The number of hydrogen-bond donors (Lipinski definition) is 3. The maximum Gasteiger partial charge on any atom is 0.221 e. The average molecular weight is 307 g/mol. The number of amides is 1. The SMILES string of the molecule is O=C(CCNc1ccccc1)NCCc1c[nH]c2ccccc12. The number of carbonyl (C=O) groups excluding carboxylic acids is 1. The number of para-hydroxylation sites is 2. The van der Waals surface area contributed by atoms with Gasteiger partial charge in [-0.25, -0.2) is 0 Å². The summed E-state index contributed by atoms with van der Waals surface area (Å²) in [5, 5.41) is 7.45. The minimum atomic E-state index is 0.0771. The lowest BCUT2D eigenvalue weighted by Crippen LogP contribution is -2.27. The van der Waals surface area contributed by atoms with Crippen LogP contribution in [0.25, 0.3) is 10.9 Å². The number of anilines is 1. The molecular weight excluding hydrogens is 286 g/mol. The standard InChI is InChI=1S/C19H21N3O/c23-19(11-13-20-16-6-2-1-3-7-16)21-12-10-15-14-22-18-9-5-4-8-17(15)18/h1-9,14,20,22H,10-13H2,(H,21,23). The number of hydrogen-bond acceptors (Lipinski definition) is 2. The molecule has 0 saturated heterocycles. The summed E-state index contributed by atoms with van der Waals surface area (Å²) in [6.45, 7) is 1.30. The Morgan fingerprint density at radius 3 is 2.61 bits per heavy atom. The first-order valence-electron chi connectivity index (χ1n) is 7.93. The molecule has 0 spiro atoms. The van der Waals surface area contributed by atoms with Crippen LogP contribution in [0.4, 0.5) is 5.69 Å². The van der Waals surface area contributed by atoms with Crippen LogP contribution in [0.15, 0.2) is 60.8 Å². The predicted octanol–water partition coefficient (Wildman–Crippen LogP) is 3.33. The van der Waals surface area contributed by atoms with E-state index < -0.39 is 0 Å². The highest BCUT2D eigenvalue weighted by Gasteiger charge is 2.04. The Bertz CT molecular complexity index is 764. The molecule has 0 aliphatic rings. The molecule has 3 N–H and O–H groups in total. The molecule has 1 aromatic heterocycles. The van der Waals surface area contributed by atoms with Crippen molar-refractivity contribution in [2.75, 3.05) is 18.4 Å². The summed E-state index contributed by atoms with van der Waals surface area (Å²) in [7, 11) is 0. The fourth-order valence-corrected chi connectivity index (χ4v) is 2.64. The zero-order valence-corrected chi connectivity index (χ0v) is 13.0. The number of benzene rings is 2. The first-order chi connectivity index (χ1) is 11.3. The smallest absolute Gasteiger partial charge is 0.221 e. The van der Waals surface area contributed by atoms with Gasteiger partial charge in [0.15, 0.2) is 0 Å². The monoisotopic (exact) mass is 307 g/mol. The van der Waals surface area contributed by atoms with Crippen molar-refractivity contribution in [3.63, 3.8) is 0 Å². The van der Waals surface area contributed by atoms with Crippen LogP contribution >= 0.6 is 0 Å². The molecule has 0 unspecified atom stereocenters. The Balaban J connectivity index is 1.39. The van der Waals surface area contributed by atoms with Gasteiger partial charge in [-0.3, -0.25) is 4.79 Å². The van der Waals surface area contributed by atoms with Crippen LogP contribution in [0.2, 0.25) is 0 Å². The zero-order valence-electron chi connectivity index (χ0n) is 13.0. The molecule has 0 fully saturated rings. The number of nitrogens with one attached hydrogen (secondary N) is 3. The number of carbonyl (C=O) groups is 1. The third-order valence-corrected chi connectivity index (χ3v) is 3.85. The Morgan fingerprint density at radius 1 is 0.957 bits per heavy atom. The molecular formula is C19H21N3O. The summed E-state index contributed by atoms with van der Waals surface area (Å²) in [5.74, 6) is 0.0771. The molecule has 0 saturated carbocycles. The van der Waals surface area contributed by atoms with E-state index >= 15 is 0 Å². The molecule has 118 valence electrons. The van der Waals surface area contributed by atoms with Gasteiger partial charge in [0.1, 0.15) is 0 Å². The number of aromatic nitrogens is 1. The van der Waals surface area contributed by atoms with Crippen LogP contribution in [0.5, 0.6) is 0 Å². The lowest BCUT2D eigenvalue weighted by molar-refractivity contribution is -0.120. The molecule has 1 heterocycles. The number of rotatable bonds is 7. The van der Waals surface area contributed by atoms with Crippen LogP contribution in [0, 0.1) is 0 Å². The molecule has 1 amide bonds. The minimum absolute atomic E-state index is 0.0771. The normalized spacial score (nSPS) is 10.6. The predicted molar refractivity (Wildman–Crippen MR) is 94.6 cm³/mol. The molecule has 3 aromatic rings. The Kier molecular flexibility index (Phi) is 4.94. The highest BCUT2D eigenvalue weighted by atomic mass is 16.1. The summed E-state index contributed by atoms with van der Waals surface area (Å²) >= 11 is 0. The molecule has 3 rings (SSSR count).